The second-order valence-corrected chi connectivity index (χ2v) is 10.6. The summed E-state index contributed by atoms with van der Waals surface area (Å²) in [5.74, 6) is -2.34. The van der Waals surface area contributed by atoms with Crippen molar-refractivity contribution in [1.82, 2.24) is 25.1 Å². The van der Waals surface area contributed by atoms with Crippen molar-refractivity contribution in [1.29, 1.82) is 0 Å². The van der Waals surface area contributed by atoms with Gasteiger partial charge in [0.2, 0.25) is 11.8 Å². The molecule has 3 N–H and O–H groups in total. The van der Waals surface area contributed by atoms with Gasteiger partial charge in [0.25, 0.3) is 5.91 Å². The Kier molecular flexibility index (Phi) is 13.1. The highest BCUT2D eigenvalue weighted by Gasteiger charge is 2.31. The minimum atomic E-state index is -1.15. The van der Waals surface area contributed by atoms with Crippen LogP contribution < -0.4 is 10.6 Å². The largest absolute Gasteiger partial charge is 0.481 e. The Bertz CT molecular complexity index is 1290. The number of ether oxygens (including phenoxy) is 1. The molecule has 0 radical (unpaired) electrons. The number of aromatic nitrogens is 2. The molecule has 1 atom stereocenters. The van der Waals surface area contributed by atoms with Crippen molar-refractivity contribution in [3.8, 4) is 11.4 Å². The molecule has 13 nitrogen and oxygen atoms in total. The summed E-state index contributed by atoms with van der Waals surface area (Å²) in [4.78, 5) is 75.5. The molecule has 2 heterocycles. The number of hydrogen-bond donors (Lipinski definition) is 3. The van der Waals surface area contributed by atoms with E-state index in [0.717, 1.165) is 12.8 Å². The van der Waals surface area contributed by atoms with Crippen molar-refractivity contribution in [2.45, 2.75) is 65.3 Å². The summed E-state index contributed by atoms with van der Waals surface area (Å²) in [6, 6.07) is 9.16. The number of benzene rings is 1. The van der Waals surface area contributed by atoms with Crippen LogP contribution in [0.2, 0.25) is 0 Å². The Balaban J connectivity index is 1.85. The van der Waals surface area contributed by atoms with Crippen molar-refractivity contribution < 1.29 is 33.8 Å². The van der Waals surface area contributed by atoms with Gasteiger partial charge in [0, 0.05) is 50.1 Å². The van der Waals surface area contributed by atoms with Crippen LogP contribution in [0.4, 0.5) is 10.6 Å². The van der Waals surface area contributed by atoms with Crippen molar-refractivity contribution in [2.75, 3.05) is 38.1 Å². The van der Waals surface area contributed by atoms with Crippen molar-refractivity contribution in [3.63, 3.8) is 0 Å². The van der Waals surface area contributed by atoms with Crippen LogP contribution in [0, 0.1) is 5.92 Å². The molecule has 4 amide bonds. The first kappa shape index (κ1) is 33.9. The second kappa shape index (κ2) is 16.9. The maximum Gasteiger partial charge on any atom is 0.409 e. The van der Waals surface area contributed by atoms with Crippen LogP contribution in [0.3, 0.4) is 0 Å². The lowest BCUT2D eigenvalue weighted by molar-refractivity contribution is -0.138. The molecule has 238 valence electrons. The van der Waals surface area contributed by atoms with Gasteiger partial charge in [-0.25, -0.2) is 14.8 Å². The van der Waals surface area contributed by atoms with Crippen molar-refractivity contribution >= 4 is 35.6 Å². The fourth-order valence-corrected chi connectivity index (χ4v) is 4.98. The number of amides is 4. The number of anilines is 1. The molecule has 44 heavy (non-hydrogen) atoms. The van der Waals surface area contributed by atoms with Gasteiger partial charge in [0.1, 0.15) is 17.6 Å². The molecule has 0 unspecified atom stereocenters. The molecule has 0 bridgehead atoms. The molecule has 0 aliphatic carbocycles. The predicted octanol–water partition coefficient (Wildman–Crippen LogP) is 3.56. The molecule has 1 aliphatic heterocycles. The first-order valence-corrected chi connectivity index (χ1v) is 15.1. The summed E-state index contributed by atoms with van der Waals surface area (Å²) in [5.41, 5.74) is 0.534. The summed E-state index contributed by atoms with van der Waals surface area (Å²) in [6.07, 6.45) is 2.15. The van der Waals surface area contributed by atoms with Crippen LogP contribution >= 0.6 is 0 Å². The number of hydrogen-bond acceptors (Lipinski definition) is 8. The Morgan fingerprint density at radius 2 is 1.55 bits per heavy atom. The second-order valence-electron chi connectivity index (χ2n) is 10.6. The highest BCUT2D eigenvalue weighted by atomic mass is 16.6. The molecule has 2 aromatic rings. The average Bonchev–Trinajstić information content (AvgIpc) is 3.02. The quantitative estimate of drug-likeness (QED) is 0.289. The first-order chi connectivity index (χ1) is 21.2. The maximum absolute atomic E-state index is 13.6. The molecular formula is C31H42N6O7. The third-order valence-corrected chi connectivity index (χ3v) is 7.25. The fraction of sp³-hybridized carbons (Fsp3) is 0.516. The van der Waals surface area contributed by atoms with Gasteiger partial charge in [-0.05, 0) is 26.2 Å². The Labute approximate surface area is 257 Å². The normalized spacial score (nSPS) is 13.7. The van der Waals surface area contributed by atoms with Crippen molar-refractivity contribution in [3.05, 3.63) is 42.1 Å². The van der Waals surface area contributed by atoms with Gasteiger partial charge < -0.3 is 30.3 Å². The number of piperazine rings is 1. The smallest absolute Gasteiger partial charge is 0.409 e. The molecular weight excluding hydrogens is 568 g/mol. The highest BCUT2D eigenvalue weighted by molar-refractivity contribution is 5.98. The van der Waals surface area contributed by atoms with E-state index in [0.29, 0.717) is 18.4 Å². The third kappa shape index (κ3) is 9.75. The Morgan fingerprint density at radius 1 is 0.909 bits per heavy atom. The van der Waals surface area contributed by atoms with Crippen LogP contribution in [0.15, 0.2) is 36.4 Å². The van der Waals surface area contributed by atoms with E-state index in [1.165, 1.54) is 15.9 Å². The van der Waals surface area contributed by atoms with Gasteiger partial charge in [-0.15, -0.1) is 0 Å². The zero-order chi connectivity index (χ0) is 32.1. The van der Waals surface area contributed by atoms with E-state index in [2.05, 4.69) is 20.6 Å². The third-order valence-electron chi connectivity index (χ3n) is 7.25. The number of carbonyl (C=O) groups excluding carboxylic acids is 4. The van der Waals surface area contributed by atoms with Crippen molar-refractivity contribution in [2.24, 2.45) is 5.92 Å². The van der Waals surface area contributed by atoms with Crippen LogP contribution in [0.25, 0.3) is 11.4 Å². The van der Waals surface area contributed by atoms with E-state index in [1.807, 2.05) is 19.9 Å². The van der Waals surface area contributed by atoms with Gasteiger partial charge in [0.05, 0.1) is 6.61 Å². The molecule has 0 spiro atoms. The van der Waals surface area contributed by atoms with Crippen LogP contribution in [-0.2, 0) is 19.1 Å². The lowest BCUT2D eigenvalue weighted by atomic mass is 9.97. The summed E-state index contributed by atoms with van der Waals surface area (Å²) in [5, 5.41) is 14.8. The van der Waals surface area contributed by atoms with Gasteiger partial charge in [-0.3, -0.25) is 19.2 Å². The van der Waals surface area contributed by atoms with E-state index in [9.17, 15) is 29.1 Å². The SMILES string of the molecule is CCCC(CCC)C(=O)Nc1cc(C(=O)N[C@@H](CCC(=O)O)C(=O)N2CCN(C(=O)OCC)CC2)nc(-c2ccccc2)n1. The molecule has 1 aliphatic rings. The predicted molar refractivity (Wildman–Crippen MR) is 163 cm³/mol. The molecule has 0 saturated carbocycles. The van der Waals surface area contributed by atoms with E-state index in [-0.39, 0.29) is 74.8 Å². The number of carboxylic acid groups (broad SMARTS) is 1. The van der Waals surface area contributed by atoms with Gasteiger partial charge in [-0.2, -0.15) is 0 Å². The lowest BCUT2D eigenvalue weighted by Crippen LogP contribution is -2.56. The minimum Gasteiger partial charge on any atom is -0.481 e. The number of nitrogens with zero attached hydrogens (tertiary/aromatic N) is 4. The van der Waals surface area contributed by atoms with E-state index in [1.54, 1.807) is 31.2 Å². The van der Waals surface area contributed by atoms with E-state index < -0.39 is 29.9 Å². The fourth-order valence-electron chi connectivity index (χ4n) is 4.98. The maximum atomic E-state index is 13.6. The zero-order valence-electron chi connectivity index (χ0n) is 25.6. The summed E-state index contributed by atoms with van der Waals surface area (Å²) < 4.78 is 5.03. The number of carbonyl (C=O) groups is 5. The standard InChI is InChI=1S/C31H42N6O7/c1-4-10-22(11-5-2)28(40)35-25-20-24(32-27(34-25)21-12-8-7-9-13-21)29(41)33-23(14-15-26(38)39)30(42)36-16-18-37(19-17-36)31(43)44-6-3/h7-9,12-13,20,22-23H,4-6,10-11,14-19H2,1-3H3,(H,33,41)(H,38,39)(H,32,34,35,40)/t23-/m0/s1. The molecule has 3 rings (SSSR count). The van der Waals surface area contributed by atoms with E-state index in [4.69, 9.17) is 4.74 Å². The van der Waals surface area contributed by atoms with Crippen LogP contribution in [-0.4, -0.2) is 93.5 Å². The zero-order valence-corrected chi connectivity index (χ0v) is 25.6. The molecule has 1 fully saturated rings. The first-order valence-electron chi connectivity index (χ1n) is 15.1. The average molecular weight is 611 g/mol. The van der Waals surface area contributed by atoms with Gasteiger partial charge >= 0.3 is 12.1 Å². The molecule has 13 heteroatoms. The lowest BCUT2D eigenvalue weighted by Gasteiger charge is -2.35. The summed E-state index contributed by atoms with van der Waals surface area (Å²) in [7, 11) is 0. The van der Waals surface area contributed by atoms with Crippen LogP contribution in [0.1, 0.15) is 69.8 Å². The Morgan fingerprint density at radius 3 is 2.14 bits per heavy atom. The topological polar surface area (TPSA) is 171 Å². The number of carboxylic acids is 1. The monoisotopic (exact) mass is 610 g/mol. The number of aliphatic carboxylic acids is 1. The highest BCUT2D eigenvalue weighted by Crippen LogP contribution is 2.21. The van der Waals surface area contributed by atoms with Crippen LogP contribution in [0.5, 0.6) is 0 Å². The number of rotatable bonds is 14. The molecule has 1 aromatic carbocycles. The molecule has 1 aromatic heterocycles. The summed E-state index contributed by atoms with van der Waals surface area (Å²) in [6.45, 7) is 6.87. The molecule has 1 saturated heterocycles. The van der Waals surface area contributed by atoms with Gasteiger partial charge in [0.15, 0.2) is 5.82 Å². The summed E-state index contributed by atoms with van der Waals surface area (Å²) >= 11 is 0. The Hall–Kier alpha value is -4.55. The van der Waals surface area contributed by atoms with E-state index >= 15 is 0 Å². The van der Waals surface area contributed by atoms with Gasteiger partial charge in [-0.1, -0.05) is 57.0 Å². The minimum absolute atomic E-state index is 0.0862. The number of nitrogens with one attached hydrogen (secondary N) is 2.